The molecule has 0 bridgehead atoms. The fourth-order valence-electron chi connectivity index (χ4n) is 1.06. The molecule has 0 aliphatic rings. The monoisotopic (exact) mass is 164 g/mol. The van der Waals surface area contributed by atoms with Crippen LogP contribution < -0.4 is 0 Å². The molecule has 0 aliphatic carbocycles. The van der Waals surface area contributed by atoms with Crippen molar-refractivity contribution >= 4 is 6.29 Å². The van der Waals surface area contributed by atoms with E-state index in [1.54, 1.807) is 6.08 Å². The molecule has 0 aliphatic heterocycles. The molecule has 0 aromatic heterocycles. The highest BCUT2D eigenvalue weighted by molar-refractivity contribution is 5.80. The van der Waals surface area contributed by atoms with E-state index in [1.807, 2.05) is 19.1 Å². The summed E-state index contributed by atoms with van der Waals surface area (Å²) >= 11 is 0. The number of carbonyl (C=O) groups is 1. The molecule has 0 aromatic carbocycles. The predicted octanol–water partition coefficient (Wildman–Crippen LogP) is 3.04. The van der Waals surface area contributed by atoms with Gasteiger partial charge in [0.15, 0.2) is 0 Å². The van der Waals surface area contributed by atoms with Crippen LogP contribution in [0.15, 0.2) is 36.0 Å². The van der Waals surface area contributed by atoms with Gasteiger partial charge < -0.3 is 0 Å². The Labute approximate surface area is 74.5 Å². The molecular weight excluding hydrogens is 148 g/mol. The van der Waals surface area contributed by atoms with Gasteiger partial charge in [-0.3, -0.25) is 4.79 Å². The van der Waals surface area contributed by atoms with Crippen LogP contribution in [-0.2, 0) is 4.79 Å². The van der Waals surface area contributed by atoms with E-state index < -0.39 is 0 Å². The van der Waals surface area contributed by atoms with E-state index in [1.165, 1.54) is 0 Å². The predicted molar refractivity (Wildman–Crippen MR) is 53.0 cm³/mol. The van der Waals surface area contributed by atoms with Crippen molar-refractivity contribution in [1.29, 1.82) is 0 Å². The minimum Gasteiger partial charge on any atom is -0.298 e. The van der Waals surface area contributed by atoms with E-state index in [0.717, 1.165) is 30.3 Å². The van der Waals surface area contributed by atoms with Crippen LogP contribution in [0.25, 0.3) is 0 Å². The van der Waals surface area contributed by atoms with Crippen molar-refractivity contribution in [2.24, 2.45) is 0 Å². The Hall–Kier alpha value is -1.11. The first kappa shape index (κ1) is 10.9. The average Bonchev–Trinajstić information content (AvgIpc) is 2.07. The number of aldehydes is 1. The van der Waals surface area contributed by atoms with Crippen molar-refractivity contribution in [1.82, 2.24) is 0 Å². The Morgan fingerprint density at radius 2 is 2.17 bits per heavy atom. The van der Waals surface area contributed by atoms with Gasteiger partial charge in [-0.25, -0.2) is 0 Å². The lowest BCUT2D eigenvalue weighted by Gasteiger charge is -2.02. The Kier molecular flexibility index (Phi) is 5.98. The standard InChI is InChI=1S/C11H16O/c1-4-7-11(8-5-2)10(6-3)9-12/h4,6-7,9H,1,5,8H2,2-3H3/b10-6-,11-7-. The molecule has 0 saturated carbocycles. The van der Waals surface area contributed by atoms with Crippen LogP contribution in [0.3, 0.4) is 0 Å². The Balaban J connectivity index is 4.59. The third-order valence-corrected chi connectivity index (χ3v) is 1.65. The Morgan fingerprint density at radius 1 is 1.50 bits per heavy atom. The molecule has 0 saturated heterocycles. The first-order chi connectivity index (χ1) is 5.79. The smallest absolute Gasteiger partial charge is 0.149 e. The van der Waals surface area contributed by atoms with Crippen LogP contribution in [-0.4, -0.2) is 6.29 Å². The normalized spacial score (nSPS) is 12.8. The summed E-state index contributed by atoms with van der Waals surface area (Å²) in [5.41, 5.74) is 1.85. The Bertz CT molecular complexity index is 209. The fourth-order valence-corrected chi connectivity index (χ4v) is 1.06. The van der Waals surface area contributed by atoms with Crippen LogP contribution in [0.5, 0.6) is 0 Å². The summed E-state index contributed by atoms with van der Waals surface area (Å²) in [6.07, 6.45) is 8.32. The second kappa shape index (κ2) is 6.59. The third-order valence-electron chi connectivity index (χ3n) is 1.65. The molecule has 0 atom stereocenters. The van der Waals surface area contributed by atoms with Crippen molar-refractivity contribution in [3.05, 3.63) is 36.0 Å². The largest absolute Gasteiger partial charge is 0.298 e. The van der Waals surface area contributed by atoms with Crippen LogP contribution >= 0.6 is 0 Å². The van der Waals surface area contributed by atoms with Crippen molar-refractivity contribution < 1.29 is 4.79 Å². The Morgan fingerprint density at radius 3 is 2.50 bits per heavy atom. The second-order valence-electron chi connectivity index (χ2n) is 2.54. The van der Waals surface area contributed by atoms with Crippen molar-refractivity contribution in [3.8, 4) is 0 Å². The van der Waals surface area contributed by atoms with Gasteiger partial charge in [-0.2, -0.15) is 0 Å². The van der Waals surface area contributed by atoms with Gasteiger partial charge in [-0.1, -0.05) is 38.2 Å². The SMILES string of the molecule is C=C/C=C(CCC)\C(C=O)=C/C. The van der Waals surface area contributed by atoms with Gasteiger partial charge in [0.05, 0.1) is 0 Å². The number of carbonyl (C=O) groups excluding carboxylic acids is 1. The van der Waals surface area contributed by atoms with Crippen LogP contribution in [0.4, 0.5) is 0 Å². The first-order valence-electron chi connectivity index (χ1n) is 4.23. The van der Waals surface area contributed by atoms with Gasteiger partial charge in [-0.05, 0) is 18.9 Å². The highest BCUT2D eigenvalue weighted by atomic mass is 16.1. The molecule has 66 valence electrons. The second-order valence-corrected chi connectivity index (χ2v) is 2.54. The summed E-state index contributed by atoms with van der Waals surface area (Å²) < 4.78 is 0. The van der Waals surface area contributed by atoms with Gasteiger partial charge in [0.1, 0.15) is 6.29 Å². The number of hydrogen-bond acceptors (Lipinski definition) is 1. The molecule has 0 unspecified atom stereocenters. The molecule has 0 aromatic rings. The van der Waals surface area contributed by atoms with E-state index in [4.69, 9.17) is 0 Å². The maximum absolute atomic E-state index is 10.6. The molecular formula is C11H16O. The summed E-state index contributed by atoms with van der Waals surface area (Å²) in [4.78, 5) is 10.6. The summed E-state index contributed by atoms with van der Waals surface area (Å²) in [6.45, 7) is 7.58. The highest BCUT2D eigenvalue weighted by Gasteiger charge is 1.99. The summed E-state index contributed by atoms with van der Waals surface area (Å²) in [6, 6.07) is 0. The summed E-state index contributed by atoms with van der Waals surface area (Å²) in [7, 11) is 0. The van der Waals surface area contributed by atoms with Gasteiger partial charge in [0, 0.05) is 5.57 Å². The third kappa shape index (κ3) is 3.33. The average molecular weight is 164 g/mol. The molecule has 1 nitrogen and oxygen atoms in total. The van der Waals surface area contributed by atoms with Crippen LogP contribution in [0.1, 0.15) is 26.7 Å². The van der Waals surface area contributed by atoms with E-state index in [0.29, 0.717) is 0 Å². The van der Waals surface area contributed by atoms with Gasteiger partial charge in [0.25, 0.3) is 0 Å². The van der Waals surface area contributed by atoms with Crippen LogP contribution in [0.2, 0.25) is 0 Å². The fraction of sp³-hybridized carbons (Fsp3) is 0.364. The van der Waals surface area contributed by atoms with E-state index in [-0.39, 0.29) is 0 Å². The topological polar surface area (TPSA) is 17.1 Å². The minimum atomic E-state index is 0.775. The quantitative estimate of drug-likeness (QED) is 0.347. The summed E-state index contributed by atoms with van der Waals surface area (Å²) in [5, 5.41) is 0. The van der Waals surface area contributed by atoms with Gasteiger partial charge >= 0.3 is 0 Å². The molecule has 0 heterocycles. The zero-order valence-corrected chi connectivity index (χ0v) is 7.84. The van der Waals surface area contributed by atoms with Crippen molar-refractivity contribution in [3.63, 3.8) is 0 Å². The highest BCUT2D eigenvalue weighted by Crippen LogP contribution is 2.13. The number of allylic oxidation sites excluding steroid dienone is 5. The van der Waals surface area contributed by atoms with E-state index >= 15 is 0 Å². The molecule has 0 fully saturated rings. The molecule has 0 rings (SSSR count). The van der Waals surface area contributed by atoms with E-state index in [9.17, 15) is 4.79 Å². The van der Waals surface area contributed by atoms with Gasteiger partial charge in [-0.15, -0.1) is 0 Å². The molecule has 0 spiro atoms. The lowest BCUT2D eigenvalue weighted by molar-refractivity contribution is -0.104. The van der Waals surface area contributed by atoms with Crippen molar-refractivity contribution in [2.45, 2.75) is 26.7 Å². The molecule has 0 radical (unpaired) electrons. The molecule has 0 N–H and O–H groups in total. The lowest BCUT2D eigenvalue weighted by atomic mass is 10.0. The van der Waals surface area contributed by atoms with Crippen molar-refractivity contribution in [2.75, 3.05) is 0 Å². The molecule has 0 amide bonds. The van der Waals surface area contributed by atoms with Crippen LogP contribution in [0, 0.1) is 0 Å². The van der Waals surface area contributed by atoms with Gasteiger partial charge in [0.2, 0.25) is 0 Å². The zero-order chi connectivity index (χ0) is 9.40. The minimum absolute atomic E-state index is 0.775. The maximum atomic E-state index is 10.6. The number of rotatable bonds is 5. The molecule has 1 heteroatoms. The maximum Gasteiger partial charge on any atom is 0.149 e. The summed E-state index contributed by atoms with van der Waals surface area (Å²) in [5.74, 6) is 0. The molecule has 12 heavy (non-hydrogen) atoms. The number of hydrogen-bond donors (Lipinski definition) is 0. The van der Waals surface area contributed by atoms with E-state index in [2.05, 4.69) is 13.5 Å². The zero-order valence-electron chi connectivity index (χ0n) is 7.84. The lowest BCUT2D eigenvalue weighted by Crippen LogP contribution is -1.90. The first-order valence-corrected chi connectivity index (χ1v) is 4.23.